The van der Waals surface area contributed by atoms with E-state index in [4.69, 9.17) is 9.15 Å². The lowest BCUT2D eigenvalue weighted by molar-refractivity contribution is 0.0894. The van der Waals surface area contributed by atoms with Gasteiger partial charge in [0.2, 0.25) is 0 Å². The van der Waals surface area contributed by atoms with Crippen LogP contribution in [0.5, 0.6) is 0 Å². The fourth-order valence-corrected chi connectivity index (χ4v) is 2.51. The summed E-state index contributed by atoms with van der Waals surface area (Å²) in [6.45, 7) is 1.38. The predicted molar refractivity (Wildman–Crippen MR) is 81.5 cm³/mol. The molecular formula is C15H20N4O3. The van der Waals surface area contributed by atoms with E-state index in [0.717, 1.165) is 19.4 Å². The minimum absolute atomic E-state index is 0.140. The highest BCUT2D eigenvalue weighted by atomic mass is 16.5. The first kappa shape index (κ1) is 14.6. The Morgan fingerprint density at radius 3 is 3.14 bits per heavy atom. The first-order valence-corrected chi connectivity index (χ1v) is 7.35. The van der Waals surface area contributed by atoms with Crippen LogP contribution >= 0.6 is 0 Å². The number of carbonyl (C=O) groups is 1. The number of anilines is 1. The van der Waals surface area contributed by atoms with Gasteiger partial charge >= 0.3 is 6.03 Å². The Balaban J connectivity index is 1.63. The van der Waals surface area contributed by atoms with E-state index in [1.165, 1.54) is 0 Å². The Bertz CT molecular complexity index is 629. The molecule has 3 rings (SSSR count). The van der Waals surface area contributed by atoms with Gasteiger partial charge in [0.1, 0.15) is 11.5 Å². The van der Waals surface area contributed by atoms with Crippen LogP contribution in [0.15, 0.2) is 28.9 Å². The van der Waals surface area contributed by atoms with Crippen LogP contribution < -0.4 is 5.32 Å². The third-order valence-electron chi connectivity index (χ3n) is 3.74. The van der Waals surface area contributed by atoms with Gasteiger partial charge in [0.15, 0.2) is 5.76 Å². The number of carbonyl (C=O) groups excluding carboxylic acids is 1. The van der Waals surface area contributed by atoms with Crippen LogP contribution in [0.3, 0.4) is 0 Å². The van der Waals surface area contributed by atoms with E-state index in [1.54, 1.807) is 42.1 Å². The monoisotopic (exact) mass is 304 g/mol. The van der Waals surface area contributed by atoms with Gasteiger partial charge in [-0.2, -0.15) is 5.10 Å². The topological polar surface area (TPSA) is 72.5 Å². The summed E-state index contributed by atoms with van der Waals surface area (Å²) >= 11 is 0. The lowest BCUT2D eigenvalue weighted by Crippen LogP contribution is -2.37. The Morgan fingerprint density at radius 1 is 1.59 bits per heavy atom. The smallest absolute Gasteiger partial charge is 0.322 e. The van der Waals surface area contributed by atoms with Gasteiger partial charge in [0.05, 0.1) is 12.4 Å². The van der Waals surface area contributed by atoms with Crippen molar-refractivity contribution >= 4 is 11.8 Å². The Labute approximate surface area is 128 Å². The molecule has 2 aromatic heterocycles. The maximum Gasteiger partial charge on any atom is 0.322 e. The van der Waals surface area contributed by atoms with Crippen molar-refractivity contribution in [3.05, 3.63) is 24.5 Å². The summed E-state index contributed by atoms with van der Waals surface area (Å²) in [6.07, 6.45) is 3.80. The highest BCUT2D eigenvalue weighted by Gasteiger charge is 2.21. The number of amides is 2. The van der Waals surface area contributed by atoms with E-state index >= 15 is 0 Å². The van der Waals surface area contributed by atoms with Crippen molar-refractivity contribution in [2.45, 2.75) is 18.9 Å². The third-order valence-corrected chi connectivity index (χ3v) is 3.74. The van der Waals surface area contributed by atoms with Crippen LogP contribution in [0.2, 0.25) is 0 Å². The second-order valence-corrected chi connectivity index (χ2v) is 5.46. The SMILES string of the molecule is CN(C[C@H]1CCCO1)C(=O)Nc1cc(-c2ccco2)nn1C. The zero-order chi connectivity index (χ0) is 15.5. The largest absolute Gasteiger partial charge is 0.463 e. The highest BCUT2D eigenvalue weighted by Crippen LogP contribution is 2.22. The summed E-state index contributed by atoms with van der Waals surface area (Å²) in [5.74, 6) is 1.29. The second-order valence-electron chi connectivity index (χ2n) is 5.46. The van der Waals surface area contributed by atoms with Crippen molar-refractivity contribution in [3.63, 3.8) is 0 Å². The third kappa shape index (κ3) is 3.14. The number of aryl methyl sites for hydroxylation is 1. The summed E-state index contributed by atoms with van der Waals surface area (Å²) in [7, 11) is 3.54. The molecule has 7 heteroatoms. The lowest BCUT2D eigenvalue weighted by atomic mass is 10.2. The van der Waals surface area contributed by atoms with Crippen molar-refractivity contribution in [1.29, 1.82) is 0 Å². The van der Waals surface area contributed by atoms with Crippen LogP contribution in [0.4, 0.5) is 10.6 Å². The van der Waals surface area contributed by atoms with Crippen molar-refractivity contribution in [2.75, 3.05) is 25.5 Å². The molecule has 2 amide bonds. The molecule has 1 saturated heterocycles. The minimum atomic E-state index is -0.176. The average Bonchev–Trinajstić information content (AvgIpc) is 3.21. The quantitative estimate of drug-likeness (QED) is 0.941. The van der Waals surface area contributed by atoms with Gasteiger partial charge in [-0.3, -0.25) is 10.00 Å². The molecule has 1 aliphatic rings. The Kier molecular flexibility index (Phi) is 4.15. The Morgan fingerprint density at radius 2 is 2.45 bits per heavy atom. The maximum absolute atomic E-state index is 12.2. The molecule has 0 radical (unpaired) electrons. The summed E-state index contributed by atoms with van der Waals surface area (Å²) in [4.78, 5) is 13.9. The van der Waals surface area contributed by atoms with E-state index in [9.17, 15) is 4.79 Å². The highest BCUT2D eigenvalue weighted by molar-refractivity contribution is 5.88. The standard InChI is InChI=1S/C15H20N4O3/c1-18(10-11-5-3-7-21-11)15(20)16-14-9-12(17-19(14)2)13-6-4-8-22-13/h4,6,8-9,11H,3,5,7,10H2,1-2H3,(H,16,20)/t11-/m1/s1. The van der Waals surface area contributed by atoms with Gasteiger partial charge in [-0.15, -0.1) is 0 Å². The fraction of sp³-hybridized carbons (Fsp3) is 0.467. The number of rotatable bonds is 4. The van der Waals surface area contributed by atoms with Gasteiger partial charge in [-0.1, -0.05) is 0 Å². The molecule has 0 saturated carbocycles. The van der Waals surface area contributed by atoms with Crippen LogP contribution in [0.25, 0.3) is 11.5 Å². The molecule has 0 unspecified atom stereocenters. The molecule has 0 bridgehead atoms. The molecule has 2 aromatic rings. The van der Waals surface area contributed by atoms with Gasteiger partial charge in [0.25, 0.3) is 0 Å². The maximum atomic E-state index is 12.2. The normalized spacial score (nSPS) is 17.6. The first-order valence-electron chi connectivity index (χ1n) is 7.35. The fourth-order valence-electron chi connectivity index (χ4n) is 2.51. The van der Waals surface area contributed by atoms with Gasteiger partial charge < -0.3 is 14.1 Å². The van der Waals surface area contributed by atoms with Crippen LogP contribution in [-0.2, 0) is 11.8 Å². The second kappa shape index (κ2) is 6.23. The van der Waals surface area contributed by atoms with Crippen molar-refractivity contribution in [1.82, 2.24) is 14.7 Å². The number of urea groups is 1. The van der Waals surface area contributed by atoms with Gasteiger partial charge in [0, 0.05) is 33.3 Å². The van der Waals surface area contributed by atoms with E-state index in [1.807, 2.05) is 6.07 Å². The molecule has 0 spiro atoms. The van der Waals surface area contributed by atoms with Gasteiger partial charge in [-0.05, 0) is 25.0 Å². The number of hydrogen-bond donors (Lipinski definition) is 1. The predicted octanol–water partition coefficient (Wildman–Crippen LogP) is 2.32. The molecule has 0 aliphatic carbocycles. The number of ether oxygens (including phenoxy) is 1. The van der Waals surface area contributed by atoms with Gasteiger partial charge in [-0.25, -0.2) is 4.79 Å². The van der Waals surface area contributed by atoms with E-state index < -0.39 is 0 Å². The molecule has 7 nitrogen and oxygen atoms in total. The summed E-state index contributed by atoms with van der Waals surface area (Å²) < 4.78 is 12.5. The molecular weight excluding hydrogens is 284 g/mol. The molecule has 3 heterocycles. The molecule has 1 N–H and O–H groups in total. The summed E-state index contributed by atoms with van der Waals surface area (Å²) in [6, 6.07) is 5.25. The molecule has 1 aliphatic heterocycles. The van der Waals surface area contributed by atoms with Crippen molar-refractivity contribution in [2.24, 2.45) is 7.05 Å². The number of likely N-dealkylation sites (N-methyl/N-ethyl adjacent to an activating group) is 1. The summed E-state index contributed by atoms with van der Waals surface area (Å²) in [5.41, 5.74) is 0.685. The first-order chi connectivity index (χ1) is 10.6. The summed E-state index contributed by atoms with van der Waals surface area (Å²) in [5, 5.41) is 7.19. The average molecular weight is 304 g/mol. The van der Waals surface area contributed by atoms with Crippen molar-refractivity contribution < 1.29 is 13.9 Å². The van der Waals surface area contributed by atoms with E-state index in [2.05, 4.69) is 10.4 Å². The zero-order valence-electron chi connectivity index (χ0n) is 12.8. The molecule has 22 heavy (non-hydrogen) atoms. The molecule has 1 fully saturated rings. The molecule has 118 valence electrons. The number of aromatic nitrogens is 2. The van der Waals surface area contributed by atoms with Crippen LogP contribution in [-0.4, -0.2) is 47.0 Å². The van der Waals surface area contributed by atoms with E-state index in [-0.39, 0.29) is 12.1 Å². The lowest BCUT2D eigenvalue weighted by Gasteiger charge is -2.21. The molecule has 1 atom stereocenters. The number of nitrogens with zero attached hydrogens (tertiary/aromatic N) is 3. The molecule has 0 aromatic carbocycles. The number of hydrogen-bond acceptors (Lipinski definition) is 4. The van der Waals surface area contributed by atoms with E-state index in [0.29, 0.717) is 23.8 Å². The Hall–Kier alpha value is -2.28. The number of furan rings is 1. The number of nitrogens with one attached hydrogen (secondary N) is 1. The van der Waals surface area contributed by atoms with Crippen LogP contribution in [0.1, 0.15) is 12.8 Å². The zero-order valence-corrected chi connectivity index (χ0v) is 12.8. The van der Waals surface area contributed by atoms with Crippen molar-refractivity contribution in [3.8, 4) is 11.5 Å². The minimum Gasteiger partial charge on any atom is -0.463 e. The van der Waals surface area contributed by atoms with Crippen LogP contribution in [0, 0.1) is 0 Å².